The Morgan fingerprint density at radius 1 is 0.793 bits per heavy atom. The Labute approximate surface area is 169 Å². The van der Waals surface area contributed by atoms with Gasteiger partial charge in [0.15, 0.2) is 0 Å². The number of benzene rings is 3. The molecule has 1 aliphatic heterocycles. The molecule has 144 valence electrons. The van der Waals surface area contributed by atoms with Gasteiger partial charge in [0.1, 0.15) is 18.1 Å². The van der Waals surface area contributed by atoms with E-state index in [2.05, 4.69) is 5.32 Å². The van der Waals surface area contributed by atoms with Crippen LogP contribution < -0.4 is 10.1 Å². The third-order valence-corrected chi connectivity index (χ3v) is 4.60. The van der Waals surface area contributed by atoms with Crippen LogP contribution in [0, 0.1) is 0 Å². The molecule has 1 fully saturated rings. The van der Waals surface area contributed by atoms with E-state index in [0.717, 1.165) is 22.4 Å². The molecule has 3 aromatic rings. The van der Waals surface area contributed by atoms with Gasteiger partial charge in [0.2, 0.25) is 0 Å². The van der Waals surface area contributed by atoms with Gasteiger partial charge in [0, 0.05) is 0 Å². The minimum atomic E-state index is -0.409. The van der Waals surface area contributed by atoms with Crippen molar-refractivity contribution in [2.75, 3.05) is 0 Å². The molecule has 1 aliphatic rings. The highest BCUT2D eigenvalue weighted by atomic mass is 16.5. The number of hydrogen-bond donors (Lipinski definition) is 1. The van der Waals surface area contributed by atoms with Crippen molar-refractivity contribution in [1.82, 2.24) is 10.2 Å². The van der Waals surface area contributed by atoms with Crippen molar-refractivity contribution in [1.29, 1.82) is 0 Å². The second kappa shape index (κ2) is 8.44. The summed E-state index contributed by atoms with van der Waals surface area (Å²) in [6.45, 7) is 0.825. The predicted octanol–water partition coefficient (Wildman–Crippen LogP) is 4.36. The largest absolute Gasteiger partial charge is 0.489 e. The summed E-state index contributed by atoms with van der Waals surface area (Å²) in [5.41, 5.74) is 3.19. The first-order valence-corrected chi connectivity index (χ1v) is 9.34. The maximum Gasteiger partial charge on any atom is 0.329 e. The molecule has 1 saturated heterocycles. The molecule has 0 unspecified atom stereocenters. The Kier molecular flexibility index (Phi) is 5.38. The number of ether oxygens (including phenoxy) is 1. The van der Waals surface area contributed by atoms with Gasteiger partial charge in [-0.25, -0.2) is 4.79 Å². The van der Waals surface area contributed by atoms with E-state index < -0.39 is 11.9 Å². The smallest absolute Gasteiger partial charge is 0.329 e. The summed E-state index contributed by atoms with van der Waals surface area (Å²) < 4.78 is 5.79. The zero-order valence-electron chi connectivity index (χ0n) is 15.7. The van der Waals surface area contributed by atoms with E-state index in [1.54, 1.807) is 6.08 Å². The summed E-state index contributed by atoms with van der Waals surface area (Å²) in [7, 11) is 0. The van der Waals surface area contributed by atoms with Gasteiger partial charge >= 0.3 is 6.03 Å². The highest BCUT2D eigenvalue weighted by Crippen LogP contribution is 2.21. The Morgan fingerprint density at radius 3 is 2.07 bits per heavy atom. The highest BCUT2D eigenvalue weighted by Gasteiger charge is 2.32. The van der Waals surface area contributed by atoms with Crippen LogP contribution in [0.2, 0.25) is 0 Å². The summed E-state index contributed by atoms with van der Waals surface area (Å²) in [5.74, 6) is 0.347. The Balaban J connectivity index is 1.48. The minimum Gasteiger partial charge on any atom is -0.489 e. The Morgan fingerprint density at radius 2 is 1.41 bits per heavy atom. The van der Waals surface area contributed by atoms with Crippen LogP contribution in [0.15, 0.2) is 90.6 Å². The Hall–Kier alpha value is -3.86. The van der Waals surface area contributed by atoms with Crippen LogP contribution in [-0.2, 0) is 17.9 Å². The number of urea groups is 1. The molecule has 3 aromatic carbocycles. The van der Waals surface area contributed by atoms with Crippen LogP contribution in [0.1, 0.15) is 16.7 Å². The fraction of sp³-hybridized carbons (Fsp3) is 0.0833. The number of hydrogen-bond acceptors (Lipinski definition) is 3. The third kappa shape index (κ3) is 4.52. The van der Waals surface area contributed by atoms with Crippen LogP contribution in [0.3, 0.4) is 0 Å². The fourth-order valence-corrected chi connectivity index (χ4v) is 3.09. The molecule has 0 radical (unpaired) electrons. The number of rotatable bonds is 6. The van der Waals surface area contributed by atoms with Crippen LogP contribution in [-0.4, -0.2) is 16.8 Å². The second-order valence-electron chi connectivity index (χ2n) is 6.70. The van der Waals surface area contributed by atoms with Crippen molar-refractivity contribution in [3.8, 4) is 5.75 Å². The molecular formula is C24H20N2O3. The number of amides is 3. The minimum absolute atomic E-state index is 0.330. The molecule has 1 N–H and O–H groups in total. The lowest BCUT2D eigenvalue weighted by atomic mass is 10.1. The van der Waals surface area contributed by atoms with Gasteiger partial charge in [-0.05, 0) is 34.9 Å². The molecule has 5 nitrogen and oxygen atoms in total. The van der Waals surface area contributed by atoms with Gasteiger partial charge < -0.3 is 4.74 Å². The molecule has 0 saturated carbocycles. The van der Waals surface area contributed by atoms with Crippen molar-refractivity contribution in [3.63, 3.8) is 0 Å². The lowest BCUT2D eigenvalue weighted by Crippen LogP contribution is -2.27. The number of nitrogens with zero attached hydrogens (tertiary/aromatic N) is 1. The quantitative estimate of drug-likeness (QED) is 0.507. The second-order valence-corrected chi connectivity index (χ2v) is 6.70. The summed E-state index contributed by atoms with van der Waals surface area (Å²) in [4.78, 5) is 25.9. The average Bonchev–Trinajstić information content (AvgIpc) is 3.02. The lowest BCUT2D eigenvalue weighted by Gasteiger charge is -2.15. The SMILES string of the molecule is O=C1NC(=O)N(Cc2ccccc2)/C1=C/c1ccc(OCc2ccccc2)cc1. The first-order valence-electron chi connectivity index (χ1n) is 9.34. The summed E-state index contributed by atoms with van der Waals surface area (Å²) >= 11 is 0. The molecule has 0 aromatic heterocycles. The number of nitrogens with one attached hydrogen (secondary N) is 1. The molecule has 1 heterocycles. The van der Waals surface area contributed by atoms with Gasteiger partial charge in [-0.15, -0.1) is 0 Å². The van der Waals surface area contributed by atoms with E-state index in [1.165, 1.54) is 4.90 Å². The van der Waals surface area contributed by atoms with E-state index in [0.29, 0.717) is 18.8 Å². The molecule has 29 heavy (non-hydrogen) atoms. The van der Waals surface area contributed by atoms with Crippen LogP contribution in [0.4, 0.5) is 4.79 Å². The summed E-state index contributed by atoms with van der Waals surface area (Å²) in [6.07, 6.45) is 1.71. The van der Waals surface area contributed by atoms with Gasteiger partial charge in [-0.3, -0.25) is 15.0 Å². The Bertz CT molecular complexity index is 1030. The molecule has 0 spiro atoms. The zero-order valence-corrected chi connectivity index (χ0v) is 15.7. The zero-order chi connectivity index (χ0) is 20.1. The van der Waals surface area contributed by atoms with Gasteiger partial charge in [-0.2, -0.15) is 0 Å². The van der Waals surface area contributed by atoms with Gasteiger partial charge in [0.25, 0.3) is 5.91 Å². The molecule has 0 atom stereocenters. The topological polar surface area (TPSA) is 58.6 Å². The van der Waals surface area contributed by atoms with Crippen molar-refractivity contribution >= 4 is 18.0 Å². The molecule has 0 aliphatic carbocycles. The van der Waals surface area contributed by atoms with Crippen molar-refractivity contribution in [2.45, 2.75) is 13.2 Å². The van der Waals surface area contributed by atoms with E-state index in [4.69, 9.17) is 4.74 Å². The molecule has 3 amide bonds. The maximum absolute atomic E-state index is 12.2. The standard InChI is InChI=1S/C24H20N2O3/c27-23-22(26(24(28)25-23)16-19-7-3-1-4-8-19)15-18-11-13-21(14-12-18)29-17-20-9-5-2-6-10-20/h1-15H,16-17H2,(H,25,27,28)/b22-15+. The molecule has 4 rings (SSSR count). The van der Waals surface area contributed by atoms with E-state index in [-0.39, 0.29) is 0 Å². The first-order chi connectivity index (χ1) is 14.2. The third-order valence-electron chi connectivity index (χ3n) is 4.60. The van der Waals surface area contributed by atoms with E-state index in [9.17, 15) is 9.59 Å². The first kappa shape index (κ1) is 18.5. The number of carbonyl (C=O) groups is 2. The molecular weight excluding hydrogens is 364 g/mol. The normalized spacial score (nSPS) is 14.9. The van der Waals surface area contributed by atoms with Gasteiger partial charge in [-0.1, -0.05) is 72.8 Å². The molecule has 5 heteroatoms. The maximum atomic E-state index is 12.2. The fourth-order valence-electron chi connectivity index (χ4n) is 3.09. The van der Waals surface area contributed by atoms with Crippen LogP contribution in [0.5, 0.6) is 5.75 Å². The predicted molar refractivity (Wildman–Crippen MR) is 111 cm³/mol. The number of carbonyl (C=O) groups excluding carboxylic acids is 2. The van der Waals surface area contributed by atoms with Crippen molar-refractivity contribution in [2.24, 2.45) is 0 Å². The van der Waals surface area contributed by atoms with Crippen molar-refractivity contribution in [3.05, 3.63) is 107 Å². The number of imide groups is 1. The summed E-state index contributed by atoms with van der Waals surface area (Å²) in [5, 5.41) is 2.36. The van der Waals surface area contributed by atoms with E-state index in [1.807, 2.05) is 84.9 Å². The molecule has 0 bridgehead atoms. The van der Waals surface area contributed by atoms with Crippen LogP contribution >= 0.6 is 0 Å². The average molecular weight is 384 g/mol. The monoisotopic (exact) mass is 384 g/mol. The van der Waals surface area contributed by atoms with Crippen LogP contribution in [0.25, 0.3) is 6.08 Å². The van der Waals surface area contributed by atoms with Crippen molar-refractivity contribution < 1.29 is 14.3 Å². The highest BCUT2D eigenvalue weighted by molar-refractivity contribution is 6.13. The van der Waals surface area contributed by atoms with Gasteiger partial charge in [0.05, 0.1) is 6.54 Å². The lowest BCUT2D eigenvalue weighted by molar-refractivity contribution is -0.116. The van der Waals surface area contributed by atoms with E-state index >= 15 is 0 Å². The summed E-state index contributed by atoms with van der Waals surface area (Å²) in [6, 6.07) is 26.5.